The van der Waals surface area contributed by atoms with Crippen LogP contribution in [0.15, 0.2) is 52.5 Å². The number of hydrazone groups is 1. The zero-order chi connectivity index (χ0) is 18.2. The first kappa shape index (κ1) is 18.8. The van der Waals surface area contributed by atoms with Gasteiger partial charge >= 0.3 is 0 Å². The first-order valence-corrected chi connectivity index (χ1v) is 8.81. The molecule has 0 radical (unpaired) electrons. The van der Waals surface area contributed by atoms with Gasteiger partial charge in [-0.1, -0.05) is 30.4 Å². The molecular formula is C18H23N5OS. The van der Waals surface area contributed by atoms with E-state index in [-0.39, 0.29) is 5.43 Å². The highest BCUT2D eigenvalue weighted by atomic mass is 32.1. The van der Waals surface area contributed by atoms with Gasteiger partial charge in [0.2, 0.25) is 5.13 Å². The van der Waals surface area contributed by atoms with E-state index in [9.17, 15) is 4.79 Å². The Morgan fingerprint density at radius 1 is 1.32 bits per heavy atom. The summed E-state index contributed by atoms with van der Waals surface area (Å²) < 4.78 is 1.11. The number of hydrogen-bond donors (Lipinski definition) is 2. The lowest BCUT2D eigenvalue weighted by Gasteiger charge is -2.00. The van der Waals surface area contributed by atoms with Crippen molar-refractivity contribution in [3.63, 3.8) is 0 Å². The summed E-state index contributed by atoms with van der Waals surface area (Å²) in [4.78, 5) is 20.8. The summed E-state index contributed by atoms with van der Waals surface area (Å²) >= 11 is 1.54. The third-order valence-electron chi connectivity index (χ3n) is 3.41. The molecule has 0 saturated carbocycles. The smallest absolute Gasteiger partial charge is 0.204 e. The Kier molecular flexibility index (Phi) is 6.85. The largest absolute Gasteiger partial charge is 0.360 e. The number of nitrogens with zero attached hydrogens (tertiary/aromatic N) is 3. The van der Waals surface area contributed by atoms with Crippen LogP contribution in [0, 0.1) is 0 Å². The number of para-hydroxylation sites is 1. The van der Waals surface area contributed by atoms with Crippen LogP contribution < -0.4 is 10.9 Å². The van der Waals surface area contributed by atoms with Crippen LogP contribution >= 0.6 is 11.3 Å². The van der Waals surface area contributed by atoms with E-state index in [2.05, 4.69) is 46.4 Å². The second-order valence-corrected chi connectivity index (χ2v) is 6.66. The van der Waals surface area contributed by atoms with Gasteiger partial charge in [-0.05, 0) is 39.7 Å². The zero-order valence-corrected chi connectivity index (χ0v) is 15.7. The summed E-state index contributed by atoms with van der Waals surface area (Å²) in [6.45, 7) is 5.09. The monoisotopic (exact) mass is 357 g/mol. The van der Waals surface area contributed by atoms with Crippen molar-refractivity contribution in [3.8, 4) is 0 Å². The molecule has 0 aliphatic rings. The molecule has 6 nitrogen and oxygen atoms in total. The Balaban J connectivity index is 0.000000399. The van der Waals surface area contributed by atoms with Gasteiger partial charge in [-0.2, -0.15) is 5.10 Å². The van der Waals surface area contributed by atoms with Gasteiger partial charge in [0.15, 0.2) is 5.43 Å². The predicted molar refractivity (Wildman–Crippen MR) is 107 cm³/mol. The third-order valence-corrected chi connectivity index (χ3v) is 4.35. The first-order valence-electron chi connectivity index (χ1n) is 7.99. The molecule has 0 bridgehead atoms. The van der Waals surface area contributed by atoms with Crippen molar-refractivity contribution in [1.82, 2.24) is 14.9 Å². The van der Waals surface area contributed by atoms with Crippen molar-refractivity contribution in [2.75, 3.05) is 26.1 Å². The number of aromatic amines is 1. The number of benzene rings is 1. The van der Waals surface area contributed by atoms with Gasteiger partial charge in [-0.15, -0.1) is 0 Å². The minimum absolute atomic E-state index is 0.0479. The number of aromatic nitrogens is 2. The second-order valence-electron chi connectivity index (χ2n) is 5.63. The second kappa shape index (κ2) is 9.10. The van der Waals surface area contributed by atoms with Gasteiger partial charge in [0, 0.05) is 18.3 Å². The molecule has 0 atom stereocenters. The molecule has 0 spiro atoms. The normalized spacial score (nSPS) is 11.3. The van der Waals surface area contributed by atoms with Crippen molar-refractivity contribution in [3.05, 3.63) is 58.5 Å². The molecule has 0 aliphatic heterocycles. The van der Waals surface area contributed by atoms with E-state index in [1.54, 1.807) is 6.20 Å². The van der Waals surface area contributed by atoms with Crippen molar-refractivity contribution < 1.29 is 0 Å². The number of thiazole rings is 1. The SMILES string of the molecule is C/C(=N\Nc1nc2ccccc2s1)c1cc(=O)cc[nH]1.CCN(C)C. The molecule has 2 heterocycles. The number of hydrogen-bond acceptors (Lipinski definition) is 6. The molecule has 25 heavy (non-hydrogen) atoms. The van der Waals surface area contributed by atoms with Gasteiger partial charge in [0.05, 0.1) is 21.6 Å². The maximum atomic E-state index is 11.3. The molecule has 3 rings (SSSR count). The minimum Gasteiger partial charge on any atom is -0.360 e. The topological polar surface area (TPSA) is 73.4 Å². The average molecular weight is 357 g/mol. The van der Waals surface area contributed by atoms with E-state index < -0.39 is 0 Å². The quantitative estimate of drug-likeness (QED) is 0.554. The summed E-state index contributed by atoms with van der Waals surface area (Å²) in [7, 11) is 4.11. The highest BCUT2D eigenvalue weighted by molar-refractivity contribution is 7.22. The Bertz CT molecular complexity index is 864. The van der Waals surface area contributed by atoms with Gasteiger partial charge in [0.1, 0.15) is 0 Å². The van der Waals surface area contributed by atoms with Crippen molar-refractivity contribution in [2.45, 2.75) is 13.8 Å². The van der Waals surface area contributed by atoms with Crippen LogP contribution in [-0.4, -0.2) is 41.2 Å². The summed E-state index contributed by atoms with van der Waals surface area (Å²) in [5.74, 6) is 0. The van der Waals surface area contributed by atoms with E-state index >= 15 is 0 Å². The standard InChI is InChI=1S/C14H12N4OS.C4H11N/c1-9(12-8-10(19)6-7-15-12)17-18-14-16-11-4-2-3-5-13(11)20-14;1-4-5(2)3/h2-8H,1H3,(H,15,19)(H,16,18);4H2,1-3H3/b17-9+;. The fourth-order valence-electron chi connectivity index (χ4n) is 1.77. The van der Waals surface area contributed by atoms with Crippen LogP contribution in [0.5, 0.6) is 0 Å². The molecule has 0 aliphatic carbocycles. The predicted octanol–water partition coefficient (Wildman–Crippen LogP) is 3.39. The maximum Gasteiger partial charge on any atom is 0.204 e. The molecule has 3 aromatic rings. The highest BCUT2D eigenvalue weighted by Gasteiger charge is 2.02. The van der Waals surface area contributed by atoms with E-state index in [0.29, 0.717) is 11.4 Å². The molecule has 2 N–H and O–H groups in total. The van der Waals surface area contributed by atoms with Crippen LogP contribution in [-0.2, 0) is 0 Å². The fourth-order valence-corrected chi connectivity index (χ4v) is 2.57. The van der Waals surface area contributed by atoms with Crippen LogP contribution in [0.25, 0.3) is 10.2 Å². The summed E-state index contributed by atoms with van der Waals surface area (Å²) in [5.41, 5.74) is 5.21. The number of pyridine rings is 1. The summed E-state index contributed by atoms with van der Waals surface area (Å²) in [5, 5.41) is 4.97. The summed E-state index contributed by atoms with van der Waals surface area (Å²) in [6.07, 6.45) is 1.61. The van der Waals surface area contributed by atoms with Gasteiger partial charge in [0.25, 0.3) is 0 Å². The molecule has 2 aromatic heterocycles. The lowest BCUT2D eigenvalue weighted by molar-refractivity contribution is 0.434. The van der Waals surface area contributed by atoms with Gasteiger partial charge < -0.3 is 9.88 Å². The molecule has 0 amide bonds. The maximum absolute atomic E-state index is 11.3. The van der Waals surface area contributed by atoms with Crippen LogP contribution in [0.2, 0.25) is 0 Å². The van der Waals surface area contributed by atoms with Gasteiger partial charge in [-0.3, -0.25) is 10.2 Å². The summed E-state index contributed by atoms with van der Waals surface area (Å²) in [6, 6.07) is 10.9. The molecule has 0 fully saturated rings. The average Bonchev–Trinajstić information content (AvgIpc) is 3.03. The fraction of sp³-hybridized carbons (Fsp3) is 0.278. The van der Waals surface area contributed by atoms with E-state index in [1.807, 2.05) is 31.2 Å². The molecule has 0 unspecified atom stereocenters. The lowest BCUT2D eigenvalue weighted by atomic mass is 10.2. The van der Waals surface area contributed by atoms with E-state index in [0.717, 1.165) is 21.9 Å². The molecule has 132 valence electrons. The van der Waals surface area contributed by atoms with E-state index in [1.165, 1.54) is 23.5 Å². The number of anilines is 1. The zero-order valence-electron chi connectivity index (χ0n) is 14.9. The molecular weight excluding hydrogens is 334 g/mol. The van der Waals surface area contributed by atoms with Crippen LogP contribution in [0.1, 0.15) is 19.5 Å². The first-order chi connectivity index (χ1) is 12.0. The van der Waals surface area contributed by atoms with Crippen molar-refractivity contribution >= 4 is 32.4 Å². The Morgan fingerprint density at radius 2 is 2.04 bits per heavy atom. The highest BCUT2D eigenvalue weighted by Crippen LogP contribution is 2.25. The van der Waals surface area contributed by atoms with Crippen molar-refractivity contribution in [1.29, 1.82) is 0 Å². The molecule has 0 saturated heterocycles. The number of H-pyrrole nitrogens is 1. The van der Waals surface area contributed by atoms with Crippen LogP contribution in [0.4, 0.5) is 5.13 Å². The minimum atomic E-state index is -0.0479. The number of nitrogens with one attached hydrogen (secondary N) is 2. The molecule has 1 aromatic carbocycles. The van der Waals surface area contributed by atoms with Crippen molar-refractivity contribution in [2.24, 2.45) is 5.10 Å². The number of rotatable bonds is 4. The van der Waals surface area contributed by atoms with E-state index in [4.69, 9.17) is 0 Å². The molecule has 7 heteroatoms. The van der Waals surface area contributed by atoms with Crippen LogP contribution in [0.3, 0.4) is 0 Å². The Hall–Kier alpha value is -2.51. The van der Waals surface area contributed by atoms with Gasteiger partial charge in [-0.25, -0.2) is 4.98 Å². The Morgan fingerprint density at radius 3 is 2.68 bits per heavy atom. The third kappa shape index (κ3) is 5.81. The number of fused-ring (bicyclic) bond motifs is 1. The Labute approximate surface area is 151 Å². The lowest BCUT2D eigenvalue weighted by Crippen LogP contribution is -2.08.